The quantitative estimate of drug-likeness (QED) is 0.662. The molecule has 0 unspecified atom stereocenters. The lowest BCUT2D eigenvalue weighted by Gasteiger charge is -2.42. The number of phenols is 1. The molecule has 31 heavy (non-hydrogen) atoms. The second-order valence-electron chi connectivity index (χ2n) is 8.24. The van der Waals surface area contributed by atoms with Crippen LogP contribution >= 0.6 is 0 Å². The summed E-state index contributed by atoms with van der Waals surface area (Å²) in [6.45, 7) is 2.34. The number of fused-ring (bicyclic) bond motifs is 6. The van der Waals surface area contributed by atoms with Crippen LogP contribution in [0.5, 0.6) is 23.0 Å². The van der Waals surface area contributed by atoms with Crippen LogP contribution in [0.2, 0.25) is 0 Å². The maximum absolute atomic E-state index is 13.4. The molecule has 3 aliphatic rings. The van der Waals surface area contributed by atoms with Gasteiger partial charge < -0.3 is 24.2 Å². The van der Waals surface area contributed by atoms with E-state index in [2.05, 4.69) is 6.92 Å². The van der Waals surface area contributed by atoms with Gasteiger partial charge in [0.05, 0.1) is 18.8 Å². The highest BCUT2D eigenvalue weighted by Crippen LogP contribution is 2.57. The van der Waals surface area contributed by atoms with E-state index >= 15 is 0 Å². The highest BCUT2D eigenvalue weighted by Gasteiger charge is 2.49. The van der Waals surface area contributed by atoms with Crippen LogP contribution in [0.25, 0.3) is 0 Å². The second-order valence-corrected chi connectivity index (χ2v) is 8.24. The molecule has 0 radical (unpaired) electrons. The third-order valence-corrected chi connectivity index (χ3v) is 6.71. The van der Waals surface area contributed by atoms with Gasteiger partial charge in [0.2, 0.25) is 6.79 Å². The number of carbonyl (C=O) groups excluding carboxylic acids is 1. The van der Waals surface area contributed by atoms with Gasteiger partial charge in [-0.25, -0.2) is 0 Å². The molecular weight excluding hydrogens is 394 g/mol. The van der Waals surface area contributed by atoms with Gasteiger partial charge in [0, 0.05) is 17.5 Å². The van der Waals surface area contributed by atoms with Gasteiger partial charge in [-0.2, -0.15) is 0 Å². The maximum atomic E-state index is 13.4. The Bertz CT molecular complexity index is 1240. The molecule has 0 saturated heterocycles. The molecule has 0 spiro atoms. The van der Waals surface area contributed by atoms with Crippen LogP contribution in [0.3, 0.4) is 0 Å². The topological polar surface area (TPSA) is 68.2 Å². The molecule has 1 N–H and O–H groups in total. The van der Waals surface area contributed by atoms with Crippen molar-refractivity contribution in [3.8, 4) is 23.0 Å². The van der Waals surface area contributed by atoms with Crippen LogP contribution in [0.4, 0.5) is 5.69 Å². The number of hydrogen-bond acceptors (Lipinski definition) is 5. The molecule has 6 nitrogen and oxygen atoms in total. The Morgan fingerprint density at radius 3 is 2.61 bits per heavy atom. The van der Waals surface area contributed by atoms with Gasteiger partial charge in [0.25, 0.3) is 5.91 Å². The van der Waals surface area contributed by atoms with Gasteiger partial charge in [-0.05, 0) is 46.9 Å². The molecule has 0 saturated carbocycles. The molecule has 3 aliphatic heterocycles. The highest BCUT2D eigenvalue weighted by atomic mass is 16.7. The van der Waals surface area contributed by atoms with E-state index in [0.717, 1.165) is 27.9 Å². The molecule has 3 heterocycles. The van der Waals surface area contributed by atoms with Crippen molar-refractivity contribution in [2.24, 2.45) is 5.92 Å². The smallest absolute Gasteiger partial charge is 0.259 e. The lowest BCUT2D eigenvalue weighted by molar-refractivity contribution is 0.0981. The van der Waals surface area contributed by atoms with Gasteiger partial charge in [-0.15, -0.1) is 0 Å². The third-order valence-electron chi connectivity index (χ3n) is 6.71. The van der Waals surface area contributed by atoms with Crippen LogP contribution in [-0.4, -0.2) is 24.9 Å². The van der Waals surface area contributed by atoms with Crippen molar-refractivity contribution in [1.29, 1.82) is 0 Å². The van der Waals surface area contributed by atoms with E-state index in [0.29, 0.717) is 17.2 Å². The number of methoxy groups -OCH3 is 1. The Labute approximate surface area is 179 Å². The normalized spacial score (nSPS) is 22.7. The molecule has 1 amide bonds. The van der Waals surface area contributed by atoms with Crippen LogP contribution in [0.15, 0.2) is 54.6 Å². The van der Waals surface area contributed by atoms with Crippen molar-refractivity contribution < 1.29 is 24.1 Å². The minimum Gasteiger partial charge on any atom is -0.504 e. The Balaban J connectivity index is 1.61. The van der Waals surface area contributed by atoms with Crippen molar-refractivity contribution in [1.82, 2.24) is 0 Å². The summed E-state index contributed by atoms with van der Waals surface area (Å²) in [4.78, 5) is 15.3. The number of phenolic OH excluding ortho intramolecular Hbond substituents is 1. The summed E-state index contributed by atoms with van der Waals surface area (Å²) in [5.74, 6) is 1.92. The van der Waals surface area contributed by atoms with Gasteiger partial charge in [-0.1, -0.05) is 31.2 Å². The number of hydrogen-bond donors (Lipinski definition) is 1. The first-order valence-corrected chi connectivity index (χ1v) is 10.3. The lowest BCUT2D eigenvalue weighted by atomic mass is 9.72. The predicted molar refractivity (Wildman–Crippen MR) is 114 cm³/mol. The van der Waals surface area contributed by atoms with E-state index in [1.807, 2.05) is 53.4 Å². The van der Waals surface area contributed by atoms with E-state index in [9.17, 15) is 9.90 Å². The Morgan fingerprint density at radius 2 is 1.81 bits per heavy atom. The van der Waals surface area contributed by atoms with Crippen molar-refractivity contribution in [2.75, 3.05) is 18.8 Å². The molecular formula is C25H21NO5. The van der Waals surface area contributed by atoms with Gasteiger partial charge in [0.1, 0.15) is 0 Å². The fourth-order valence-corrected chi connectivity index (χ4v) is 5.36. The van der Waals surface area contributed by atoms with Crippen LogP contribution in [0.1, 0.15) is 45.9 Å². The molecule has 3 aromatic rings. The Morgan fingerprint density at radius 1 is 1.03 bits per heavy atom. The van der Waals surface area contributed by atoms with Crippen LogP contribution in [-0.2, 0) is 0 Å². The van der Waals surface area contributed by atoms with E-state index in [1.165, 1.54) is 0 Å². The first-order chi connectivity index (χ1) is 15.1. The summed E-state index contributed by atoms with van der Waals surface area (Å²) in [6.07, 6.45) is 0. The fraction of sp³-hybridized carbons (Fsp3) is 0.240. The molecule has 156 valence electrons. The average Bonchev–Trinajstić information content (AvgIpc) is 3.36. The number of nitrogens with zero attached hydrogens (tertiary/aromatic N) is 1. The maximum Gasteiger partial charge on any atom is 0.259 e. The number of benzene rings is 3. The number of ether oxygens (including phenoxy) is 3. The summed E-state index contributed by atoms with van der Waals surface area (Å²) in [5, 5.41) is 10.1. The SMILES string of the molecule is COc1cc([C@H]2c3cc4c(cc3N3C(=O)c5ccccc5[C@H]3[C@@H]2C)OCO4)ccc1O. The number of anilines is 1. The Kier molecular flexibility index (Phi) is 3.75. The monoisotopic (exact) mass is 415 g/mol. The summed E-state index contributed by atoms with van der Waals surface area (Å²) < 4.78 is 16.7. The molecule has 0 aromatic heterocycles. The number of aromatic hydroxyl groups is 1. The van der Waals surface area contributed by atoms with Crippen LogP contribution in [0, 0.1) is 5.92 Å². The first kappa shape index (κ1) is 18.1. The highest BCUT2D eigenvalue weighted by molar-refractivity contribution is 6.12. The molecule has 0 bridgehead atoms. The standard InChI is InChI=1S/C25H21NO5/c1-13-23(14-7-8-19(27)20(9-14)29-2)17-10-21-22(31-12-30-21)11-18(17)26-24(13)15-5-3-4-6-16(15)25(26)28/h3-11,13,23-24,27H,12H2,1-2H3/t13-,23+,24-/m1/s1. The third kappa shape index (κ3) is 2.42. The van der Waals surface area contributed by atoms with E-state index in [1.54, 1.807) is 13.2 Å². The van der Waals surface area contributed by atoms with Crippen LogP contribution < -0.4 is 19.1 Å². The van der Waals surface area contributed by atoms with Crippen molar-refractivity contribution in [2.45, 2.75) is 18.9 Å². The summed E-state index contributed by atoms with van der Waals surface area (Å²) in [5.41, 5.74) is 4.64. The lowest BCUT2D eigenvalue weighted by Crippen LogP contribution is -2.39. The molecule has 0 fully saturated rings. The average molecular weight is 415 g/mol. The number of amides is 1. The predicted octanol–water partition coefficient (Wildman–Crippen LogP) is 4.61. The first-order valence-electron chi connectivity index (χ1n) is 10.3. The van der Waals surface area contributed by atoms with Gasteiger partial charge in [-0.3, -0.25) is 4.79 Å². The van der Waals surface area contributed by atoms with Crippen molar-refractivity contribution >= 4 is 11.6 Å². The Hall–Kier alpha value is -3.67. The zero-order valence-corrected chi connectivity index (χ0v) is 17.2. The summed E-state index contributed by atoms with van der Waals surface area (Å²) in [7, 11) is 1.54. The fourth-order valence-electron chi connectivity index (χ4n) is 5.36. The number of carbonyl (C=O) groups is 1. The second kappa shape index (κ2) is 6.41. The van der Waals surface area contributed by atoms with E-state index in [4.69, 9.17) is 14.2 Å². The van der Waals surface area contributed by atoms with E-state index in [-0.39, 0.29) is 36.3 Å². The van der Waals surface area contributed by atoms with Gasteiger partial charge in [0.15, 0.2) is 23.0 Å². The molecule has 0 aliphatic carbocycles. The largest absolute Gasteiger partial charge is 0.504 e. The number of rotatable bonds is 2. The van der Waals surface area contributed by atoms with Crippen molar-refractivity contribution in [3.63, 3.8) is 0 Å². The molecule has 6 heteroatoms. The molecule has 6 rings (SSSR count). The zero-order chi connectivity index (χ0) is 21.3. The minimum atomic E-state index is -0.0960. The summed E-state index contributed by atoms with van der Waals surface area (Å²) in [6, 6.07) is 17.1. The molecule has 3 aromatic carbocycles. The van der Waals surface area contributed by atoms with E-state index < -0.39 is 0 Å². The minimum absolute atomic E-state index is 0.00861. The zero-order valence-electron chi connectivity index (χ0n) is 17.2. The van der Waals surface area contributed by atoms with Crippen molar-refractivity contribution in [3.05, 3.63) is 76.9 Å². The summed E-state index contributed by atoms with van der Waals surface area (Å²) >= 11 is 0. The van der Waals surface area contributed by atoms with Gasteiger partial charge >= 0.3 is 0 Å². The molecule has 3 atom stereocenters.